The van der Waals surface area contributed by atoms with E-state index in [1.54, 1.807) is 0 Å². The van der Waals surface area contributed by atoms with Gasteiger partial charge in [0.05, 0.1) is 0 Å². The molecule has 0 amide bonds. The highest BCUT2D eigenvalue weighted by molar-refractivity contribution is 6.74. The molecule has 0 aliphatic rings. The lowest BCUT2D eigenvalue weighted by Crippen LogP contribution is -2.63. The Morgan fingerprint density at radius 3 is 1.54 bits per heavy atom. The number of hydrogen-bond acceptors (Lipinski definition) is 4. The largest absolute Gasteiger partial charge is 0.419 e. The average Bonchev–Trinajstić information content (AvgIpc) is 2.55. The Bertz CT molecular complexity index is 304. The van der Waals surface area contributed by atoms with E-state index in [0.29, 0.717) is 11.3 Å². The third-order valence-electron chi connectivity index (χ3n) is 5.60. The maximum absolute atomic E-state index is 6.01. The fraction of sp³-hybridized carbons (Fsp3) is 1.00. The molecule has 2 N–H and O–H groups in total. The molecule has 0 aliphatic carbocycles. The van der Waals surface area contributed by atoms with E-state index < -0.39 is 16.6 Å². The van der Waals surface area contributed by atoms with E-state index in [-0.39, 0.29) is 0 Å². The molecule has 0 bridgehead atoms. The minimum absolute atomic E-state index is 0.545. The van der Waals surface area contributed by atoms with Gasteiger partial charge in [0, 0.05) is 25.5 Å². The lowest BCUT2D eigenvalue weighted by atomic mass is 10.2. The molecule has 0 aliphatic heterocycles. The van der Waals surface area contributed by atoms with Gasteiger partial charge in [-0.2, -0.15) is 0 Å². The van der Waals surface area contributed by atoms with Gasteiger partial charge in [-0.05, 0) is 65.0 Å². The van der Waals surface area contributed by atoms with E-state index >= 15 is 0 Å². The maximum Gasteiger partial charge on any atom is 0.202 e. The van der Waals surface area contributed by atoms with Crippen LogP contribution < -0.4 is 5.73 Å². The van der Waals surface area contributed by atoms with Crippen molar-refractivity contribution in [3.63, 3.8) is 0 Å². The summed E-state index contributed by atoms with van der Waals surface area (Å²) in [5.74, 6) is 0. The number of nitrogens with zero attached hydrogens (tertiary/aromatic N) is 1. The molecule has 0 aromatic heterocycles. The summed E-state index contributed by atoms with van der Waals surface area (Å²) in [4.78, 5) is 2.77. The number of rotatable bonds is 14. The molecule has 0 saturated carbocycles. The summed E-state index contributed by atoms with van der Waals surface area (Å²) in [6.07, 6.45) is 7.21. The summed E-state index contributed by atoms with van der Waals surface area (Å²) in [7, 11) is 0.308. The van der Waals surface area contributed by atoms with E-state index in [9.17, 15) is 0 Å². The van der Waals surface area contributed by atoms with E-state index in [1.165, 1.54) is 19.3 Å². The lowest BCUT2D eigenvalue weighted by Gasteiger charge is -2.47. The molecule has 6 heteroatoms. The first-order chi connectivity index (χ1) is 11.2. The fourth-order valence-corrected chi connectivity index (χ4v) is 8.72. The van der Waals surface area contributed by atoms with Crippen LogP contribution in [0.15, 0.2) is 0 Å². The van der Waals surface area contributed by atoms with E-state index in [2.05, 4.69) is 44.9 Å². The van der Waals surface area contributed by atoms with Crippen molar-refractivity contribution in [2.24, 2.45) is 5.73 Å². The molecule has 24 heavy (non-hydrogen) atoms. The predicted molar refractivity (Wildman–Crippen MR) is 111 cm³/mol. The van der Waals surface area contributed by atoms with E-state index in [1.807, 2.05) is 14.2 Å². The van der Waals surface area contributed by atoms with Crippen molar-refractivity contribution in [1.82, 2.24) is 4.90 Å². The Morgan fingerprint density at radius 2 is 1.21 bits per heavy atom. The second kappa shape index (κ2) is 11.8. The summed E-state index contributed by atoms with van der Waals surface area (Å²) in [5.41, 5.74) is 6.72. The van der Waals surface area contributed by atoms with Crippen molar-refractivity contribution in [2.75, 3.05) is 27.3 Å². The third-order valence-corrected chi connectivity index (χ3v) is 12.4. The minimum Gasteiger partial charge on any atom is -0.419 e. The summed E-state index contributed by atoms with van der Waals surface area (Å²) in [6, 6.07) is 0. The van der Waals surface area contributed by atoms with Gasteiger partial charge in [0.1, 0.15) is 0 Å². The molecule has 0 aromatic rings. The number of nitrogens with two attached hydrogens (primary N) is 1. The quantitative estimate of drug-likeness (QED) is 0.365. The Morgan fingerprint density at radius 1 is 0.792 bits per heavy atom. The van der Waals surface area contributed by atoms with Crippen LogP contribution in [0.3, 0.4) is 0 Å². The van der Waals surface area contributed by atoms with Gasteiger partial charge in [-0.1, -0.05) is 26.7 Å². The molecule has 0 saturated heterocycles. The molecule has 146 valence electrons. The summed E-state index contributed by atoms with van der Waals surface area (Å²) in [6.45, 7) is 16.0. The summed E-state index contributed by atoms with van der Waals surface area (Å²) < 4.78 is 12.0. The van der Waals surface area contributed by atoms with Gasteiger partial charge in [0.2, 0.25) is 16.6 Å². The first-order valence-electron chi connectivity index (χ1n) is 9.77. The van der Waals surface area contributed by atoms with Crippen LogP contribution in [-0.4, -0.2) is 60.2 Å². The molecule has 0 radical (unpaired) electrons. The van der Waals surface area contributed by atoms with Crippen LogP contribution in [0.25, 0.3) is 0 Å². The van der Waals surface area contributed by atoms with E-state index in [4.69, 9.17) is 14.6 Å². The number of unbranched alkanes of at least 4 members (excludes halogenated alkanes) is 3. The average molecular weight is 377 g/mol. The Labute approximate surface area is 153 Å². The second-order valence-electron chi connectivity index (χ2n) is 7.90. The molecule has 0 spiro atoms. The molecular formula is C18H44N2O2Si2. The van der Waals surface area contributed by atoms with Crippen molar-refractivity contribution in [3.05, 3.63) is 0 Å². The zero-order valence-corrected chi connectivity index (χ0v) is 19.7. The van der Waals surface area contributed by atoms with Crippen LogP contribution in [0.2, 0.25) is 26.2 Å². The summed E-state index contributed by atoms with van der Waals surface area (Å²) in [5, 5.41) is 0. The standard InChI is InChI=1S/C18H44N2O2Si2/c1-9-17(23(5,6)21-3)20(16-14-12-11-13-15-19)18(10-2)24(7,8)22-4/h17-18H,9-16,19H2,1-8H3. The molecule has 0 fully saturated rings. The van der Waals surface area contributed by atoms with E-state index in [0.717, 1.165) is 32.4 Å². The molecule has 0 heterocycles. The van der Waals surface area contributed by atoms with Crippen LogP contribution in [0, 0.1) is 0 Å². The molecular weight excluding hydrogens is 332 g/mol. The van der Waals surface area contributed by atoms with Gasteiger partial charge >= 0.3 is 0 Å². The second-order valence-corrected chi connectivity index (χ2v) is 16.5. The van der Waals surface area contributed by atoms with Crippen LogP contribution in [0.4, 0.5) is 0 Å². The van der Waals surface area contributed by atoms with Crippen molar-refractivity contribution < 1.29 is 8.85 Å². The fourth-order valence-electron chi connectivity index (χ4n) is 3.84. The Balaban J connectivity index is 5.32. The predicted octanol–water partition coefficient (Wildman–Crippen LogP) is 4.15. The van der Waals surface area contributed by atoms with Crippen LogP contribution in [0.5, 0.6) is 0 Å². The normalized spacial score (nSPS) is 15.8. The third kappa shape index (κ3) is 7.26. The minimum atomic E-state index is -1.74. The van der Waals surface area contributed by atoms with Crippen LogP contribution >= 0.6 is 0 Å². The molecule has 2 unspecified atom stereocenters. The van der Waals surface area contributed by atoms with Crippen LogP contribution in [-0.2, 0) is 8.85 Å². The van der Waals surface area contributed by atoms with Crippen molar-refractivity contribution in [2.45, 2.75) is 89.9 Å². The highest BCUT2D eigenvalue weighted by atomic mass is 28.4. The Hall–Kier alpha value is 0.274. The zero-order chi connectivity index (χ0) is 18.8. The highest BCUT2D eigenvalue weighted by Gasteiger charge is 2.44. The molecule has 2 atom stereocenters. The van der Waals surface area contributed by atoms with Gasteiger partial charge < -0.3 is 14.6 Å². The smallest absolute Gasteiger partial charge is 0.202 e. The van der Waals surface area contributed by atoms with Gasteiger partial charge in [0.15, 0.2) is 0 Å². The van der Waals surface area contributed by atoms with Crippen LogP contribution in [0.1, 0.15) is 52.4 Å². The lowest BCUT2D eigenvalue weighted by molar-refractivity contribution is 0.168. The first kappa shape index (κ1) is 24.3. The topological polar surface area (TPSA) is 47.7 Å². The molecule has 4 nitrogen and oxygen atoms in total. The highest BCUT2D eigenvalue weighted by Crippen LogP contribution is 2.28. The number of hydrogen-bond donors (Lipinski definition) is 1. The maximum atomic E-state index is 6.01. The summed E-state index contributed by atoms with van der Waals surface area (Å²) >= 11 is 0. The van der Waals surface area contributed by atoms with Crippen molar-refractivity contribution in [3.8, 4) is 0 Å². The van der Waals surface area contributed by atoms with Gasteiger partial charge in [-0.25, -0.2) is 0 Å². The van der Waals surface area contributed by atoms with Gasteiger partial charge in [-0.15, -0.1) is 0 Å². The van der Waals surface area contributed by atoms with Gasteiger partial charge in [-0.3, -0.25) is 4.90 Å². The Kier molecular flexibility index (Phi) is 11.9. The zero-order valence-electron chi connectivity index (χ0n) is 17.7. The molecule has 0 rings (SSSR count). The molecule has 0 aromatic carbocycles. The first-order valence-corrected chi connectivity index (χ1v) is 15.7. The van der Waals surface area contributed by atoms with Gasteiger partial charge in [0.25, 0.3) is 0 Å². The SMILES string of the molecule is CCC(N(CCCCCCN)C(CC)[Si](C)(C)OC)[Si](C)(C)OC. The van der Waals surface area contributed by atoms with Crippen molar-refractivity contribution in [1.29, 1.82) is 0 Å². The monoisotopic (exact) mass is 376 g/mol. The van der Waals surface area contributed by atoms with Crippen molar-refractivity contribution >= 4 is 16.6 Å².